The van der Waals surface area contributed by atoms with Gasteiger partial charge < -0.3 is 20.7 Å². The van der Waals surface area contributed by atoms with E-state index >= 15 is 0 Å². The number of hydrogen-bond donors (Lipinski definition) is 3. The number of alkyl halides is 3. The molecule has 4 heterocycles. The summed E-state index contributed by atoms with van der Waals surface area (Å²) >= 11 is 0. The Balaban J connectivity index is 1.35. The number of rotatable bonds is 4. The van der Waals surface area contributed by atoms with Crippen molar-refractivity contribution in [2.75, 3.05) is 16.0 Å². The zero-order valence-electron chi connectivity index (χ0n) is 18.3. The van der Waals surface area contributed by atoms with Gasteiger partial charge in [0, 0.05) is 12.1 Å². The van der Waals surface area contributed by atoms with Crippen molar-refractivity contribution in [3.05, 3.63) is 47.9 Å². The zero-order valence-corrected chi connectivity index (χ0v) is 18.3. The SMILES string of the molecule is CC1(C)Oc2ccc(Nc3nc(Nc4ccc5c(c4)N=C(C(F)(F)F)C5)ncc3F)nc2NC1=O. The molecule has 0 fully saturated rings. The maximum Gasteiger partial charge on any atom is 0.429 e. The second-order valence-corrected chi connectivity index (χ2v) is 8.33. The summed E-state index contributed by atoms with van der Waals surface area (Å²) in [7, 11) is 0. The molecular weight excluding hydrogens is 470 g/mol. The Kier molecular flexibility index (Phi) is 5.07. The van der Waals surface area contributed by atoms with Gasteiger partial charge in [0.05, 0.1) is 11.9 Å². The van der Waals surface area contributed by atoms with Crippen molar-refractivity contribution in [3.63, 3.8) is 0 Å². The molecule has 3 aromatic rings. The highest BCUT2D eigenvalue weighted by atomic mass is 19.4. The lowest BCUT2D eigenvalue weighted by molar-refractivity contribution is -0.129. The zero-order chi connectivity index (χ0) is 25.0. The van der Waals surface area contributed by atoms with Gasteiger partial charge in [0.1, 0.15) is 11.5 Å². The van der Waals surface area contributed by atoms with E-state index in [0.29, 0.717) is 17.0 Å². The number of aromatic nitrogens is 3. The lowest BCUT2D eigenvalue weighted by Crippen LogP contribution is -2.46. The fourth-order valence-corrected chi connectivity index (χ4v) is 3.46. The third-order valence-electron chi connectivity index (χ3n) is 5.27. The highest BCUT2D eigenvalue weighted by Crippen LogP contribution is 2.36. The summed E-state index contributed by atoms with van der Waals surface area (Å²) in [5.74, 6) is -0.662. The van der Waals surface area contributed by atoms with Crippen molar-refractivity contribution in [1.82, 2.24) is 15.0 Å². The van der Waals surface area contributed by atoms with Gasteiger partial charge in [-0.1, -0.05) is 6.07 Å². The van der Waals surface area contributed by atoms with Gasteiger partial charge in [0.15, 0.2) is 28.8 Å². The molecule has 0 radical (unpaired) electrons. The number of fused-ring (bicyclic) bond motifs is 2. The molecule has 2 aliphatic rings. The Labute approximate surface area is 195 Å². The molecule has 0 atom stereocenters. The normalized spacial score (nSPS) is 15.9. The molecule has 2 aromatic heterocycles. The van der Waals surface area contributed by atoms with Crippen LogP contribution in [0.4, 0.5) is 52.3 Å². The molecule has 9 nitrogen and oxygen atoms in total. The number of ether oxygens (including phenoxy) is 1. The Bertz CT molecular complexity index is 1390. The van der Waals surface area contributed by atoms with Crippen molar-refractivity contribution >= 4 is 46.4 Å². The van der Waals surface area contributed by atoms with Crippen LogP contribution >= 0.6 is 0 Å². The van der Waals surface area contributed by atoms with Gasteiger partial charge in [-0.25, -0.2) is 19.4 Å². The molecule has 0 saturated heterocycles. The number of amides is 1. The lowest BCUT2D eigenvalue weighted by atomic mass is 10.1. The average Bonchev–Trinajstić information content (AvgIpc) is 3.21. The van der Waals surface area contributed by atoms with Crippen LogP contribution in [-0.2, 0) is 11.2 Å². The minimum Gasteiger partial charge on any atom is -0.474 e. The number of nitrogens with one attached hydrogen (secondary N) is 3. The van der Waals surface area contributed by atoms with Crippen LogP contribution in [0.3, 0.4) is 0 Å². The van der Waals surface area contributed by atoms with Crippen LogP contribution in [0.25, 0.3) is 0 Å². The topological polar surface area (TPSA) is 113 Å². The van der Waals surface area contributed by atoms with E-state index in [4.69, 9.17) is 4.74 Å². The van der Waals surface area contributed by atoms with Gasteiger partial charge in [-0.15, -0.1) is 0 Å². The summed E-state index contributed by atoms with van der Waals surface area (Å²) in [4.78, 5) is 27.9. The minimum absolute atomic E-state index is 0.0109. The molecule has 0 saturated carbocycles. The average molecular weight is 487 g/mol. The van der Waals surface area contributed by atoms with E-state index in [1.54, 1.807) is 26.0 Å². The van der Waals surface area contributed by atoms with Gasteiger partial charge in [0.25, 0.3) is 5.91 Å². The molecule has 35 heavy (non-hydrogen) atoms. The fourth-order valence-electron chi connectivity index (χ4n) is 3.46. The predicted molar refractivity (Wildman–Crippen MR) is 119 cm³/mol. The maximum atomic E-state index is 14.4. The Hall–Kier alpha value is -4.29. The Morgan fingerprint density at radius 3 is 2.69 bits per heavy atom. The standard InChI is InChI=1S/C22H17F4N7O2/c1-21(2)19(34)32-18-14(35-21)5-6-16(31-18)30-17-12(23)9-27-20(33-17)28-11-4-3-10-7-15(22(24,25)26)29-13(10)8-11/h3-6,8-9H,7H2,1-2H3,(H3,27,28,30,31,32,33,34). The Morgan fingerprint density at radius 1 is 1.11 bits per heavy atom. The van der Waals surface area contributed by atoms with Gasteiger partial charge in [-0.3, -0.25) is 4.79 Å². The van der Waals surface area contributed by atoms with Gasteiger partial charge in [-0.05, 0) is 43.7 Å². The van der Waals surface area contributed by atoms with Crippen LogP contribution in [0.1, 0.15) is 19.4 Å². The van der Waals surface area contributed by atoms with Crippen molar-refractivity contribution in [1.29, 1.82) is 0 Å². The first-order chi connectivity index (χ1) is 16.5. The summed E-state index contributed by atoms with van der Waals surface area (Å²) in [5.41, 5.74) is -0.906. The molecule has 0 aliphatic carbocycles. The van der Waals surface area contributed by atoms with Crippen LogP contribution < -0.4 is 20.7 Å². The molecule has 13 heteroatoms. The van der Waals surface area contributed by atoms with Gasteiger partial charge in [-0.2, -0.15) is 18.2 Å². The number of carbonyl (C=O) groups excluding carboxylic acids is 1. The van der Waals surface area contributed by atoms with E-state index < -0.39 is 23.3 Å². The molecular formula is C22H17F4N7O2. The number of hydrogen-bond acceptors (Lipinski definition) is 8. The number of nitrogens with zero attached hydrogens (tertiary/aromatic N) is 4. The van der Waals surface area contributed by atoms with E-state index in [2.05, 4.69) is 35.9 Å². The molecule has 0 bridgehead atoms. The van der Waals surface area contributed by atoms with E-state index in [0.717, 1.165) is 6.20 Å². The molecule has 5 rings (SSSR count). The van der Waals surface area contributed by atoms with E-state index in [-0.39, 0.29) is 41.4 Å². The first-order valence-corrected chi connectivity index (χ1v) is 10.3. The van der Waals surface area contributed by atoms with Crippen LogP contribution in [0.15, 0.2) is 41.5 Å². The summed E-state index contributed by atoms with van der Waals surface area (Å²) in [6.45, 7) is 3.23. The van der Waals surface area contributed by atoms with Crippen LogP contribution in [-0.4, -0.2) is 38.3 Å². The van der Waals surface area contributed by atoms with E-state index in [9.17, 15) is 22.4 Å². The largest absolute Gasteiger partial charge is 0.474 e. The smallest absolute Gasteiger partial charge is 0.429 e. The summed E-state index contributed by atoms with van der Waals surface area (Å²) in [6, 6.07) is 7.62. The third-order valence-corrected chi connectivity index (χ3v) is 5.27. The lowest BCUT2D eigenvalue weighted by Gasteiger charge is -2.30. The molecule has 3 N–H and O–H groups in total. The number of anilines is 5. The minimum atomic E-state index is -4.50. The van der Waals surface area contributed by atoms with Gasteiger partial charge in [0.2, 0.25) is 5.95 Å². The number of carbonyl (C=O) groups is 1. The molecule has 1 aromatic carbocycles. The molecule has 1 amide bonds. The van der Waals surface area contributed by atoms with Crippen LogP contribution in [0.2, 0.25) is 0 Å². The van der Waals surface area contributed by atoms with Crippen molar-refractivity contribution in [2.24, 2.45) is 4.99 Å². The number of pyridine rings is 1. The first kappa shape index (κ1) is 22.5. The van der Waals surface area contributed by atoms with Crippen LogP contribution in [0, 0.1) is 5.82 Å². The van der Waals surface area contributed by atoms with Crippen molar-refractivity contribution in [3.8, 4) is 5.75 Å². The molecule has 180 valence electrons. The highest BCUT2D eigenvalue weighted by Gasteiger charge is 2.38. The number of benzene rings is 1. The van der Waals surface area contributed by atoms with Crippen molar-refractivity contribution in [2.45, 2.75) is 32.0 Å². The fraction of sp³-hybridized carbons (Fsp3) is 0.227. The maximum absolute atomic E-state index is 14.4. The monoisotopic (exact) mass is 487 g/mol. The van der Waals surface area contributed by atoms with E-state index in [1.807, 2.05) is 0 Å². The quantitative estimate of drug-likeness (QED) is 0.453. The molecule has 0 spiro atoms. The van der Waals surface area contributed by atoms with E-state index in [1.165, 1.54) is 18.2 Å². The number of halogens is 4. The molecule has 2 aliphatic heterocycles. The predicted octanol–water partition coefficient (Wildman–Crippen LogP) is 4.80. The first-order valence-electron chi connectivity index (χ1n) is 10.3. The molecule has 0 unspecified atom stereocenters. The van der Waals surface area contributed by atoms with Crippen molar-refractivity contribution < 1.29 is 27.1 Å². The highest BCUT2D eigenvalue weighted by molar-refractivity contribution is 5.99. The summed E-state index contributed by atoms with van der Waals surface area (Å²) in [5, 5.41) is 8.18. The third kappa shape index (κ3) is 4.44. The summed E-state index contributed by atoms with van der Waals surface area (Å²) in [6.07, 6.45) is -3.86. The second-order valence-electron chi connectivity index (χ2n) is 8.33. The second kappa shape index (κ2) is 7.89. The number of aliphatic imine (C=N–C) groups is 1. The van der Waals surface area contributed by atoms with Gasteiger partial charge >= 0.3 is 6.18 Å². The Morgan fingerprint density at radius 2 is 1.91 bits per heavy atom. The van der Waals surface area contributed by atoms with Crippen LogP contribution in [0.5, 0.6) is 5.75 Å². The summed E-state index contributed by atoms with van der Waals surface area (Å²) < 4.78 is 58.8.